The smallest absolute Gasteiger partial charge is 0.0615 e. The molecular formula is C15H34N2O. The van der Waals surface area contributed by atoms with Gasteiger partial charge in [-0.3, -0.25) is 4.90 Å². The van der Waals surface area contributed by atoms with E-state index in [1.54, 1.807) is 7.11 Å². The molecule has 0 aliphatic heterocycles. The standard InChI is InChI=1S/C15H34N2O/c1-7-10-16-15(13(4)8-2)11-17(9-3)14(5)12-18-6/h13-16H,7-12H2,1-6H3. The number of rotatable bonds is 11. The summed E-state index contributed by atoms with van der Waals surface area (Å²) in [5.41, 5.74) is 0. The van der Waals surface area contributed by atoms with E-state index in [1.165, 1.54) is 12.8 Å². The molecule has 1 N–H and O–H groups in total. The molecular weight excluding hydrogens is 224 g/mol. The van der Waals surface area contributed by atoms with Crippen molar-refractivity contribution in [3.63, 3.8) is 0 Å². The zero-order valence-electron chi connectivity index (χ0n) is 13.3. The van der Waals surface area contributed by atoms with Gasteiger partial charge in [0.15, 0.2) is 0 Å². The Bertz CT molecular complexity index is 187. The monoisotopic (exact) mass is 258 g/mol. The fourth-order valence-electron chi connectivity index (χ4n) is 2.28. The minimum absolute atomic E-state index is 0.495. The zero-order chi connectivity index (χ0) is 14.0. The van der Waals surface area contributed by atoms with E-state index in [0.717, 1.165) is 32.2 Å². The van der Waals surface area contributed by atoms with E-state index in [0.29, 0.717) is 12.1 Å². The second-order valence-corrected chi connectivity index (χ2v) is 5.34. The first-order chi connectivity index (χ1) is 8.60. The van der Waals surface area contributed by atoms with E-state index >= 15 is 0 Å². The minimum atomic E-state index is 0.495. The summed E-state index contributed by atoms with van der Waals surface area (Å²) in [5, 5.41) is 3.70. The first kappa shape index (κ1) is 17.9. The summed E-state index contributed by atoms with van der Waals surface area (Å²) >= 11 is 0. The quantitative estimate of drug-likeness (QED) is 0.617. The number of methoxy groups -OCH3 is 1. The molecule has 3 nitrogen and oxygen atoms in total. The summed E-state index contributed by atoms with van der Waals surface area (Å²) in [4.78, 5) is 2.52. The Labute approximate surface area is 114 Å². The van der Waals surface area contributed by atoms with Crippen LogP contribution in [0.1, 0.15) is 47.5 Å². The summed E-state index contributed by atoms with van der Waals surface area (Å²) in [5.74, 6) is 0.723. The van der Waals surface area contributed by atoms with Crippen molar-refractivity contribution in [2.24, 2.45) is 5.92 Å². The third-order valence-electron chi connectivity index (χ3n) is 3.86. The summed E-state index contributed by atoms with van der Waals surface area (Å²) in [6, 6.07) is 1.09. The van der Waals surface area contributed by atoms with Crippen LogP contribution in [-0.4, -0.2) is 50.3 Å². The van der Waals surface area contributed by atoms with Crippen LogP contribution < -0.4 is 5.32 Å². The molecule has 0 aromatic carbocycles. The number of hydrogen-bond acceptors (Lipinski definition) is 3. The van der Waals surface area contributed by atoms with Crippen LogP contribution >= 0.6 is 0 Å². The molecule has 3 atom stereocenters. The predicted molar refractivity (Wildman–Crippen MR) is 80.1 cm³/mol. The molecule has 3 unspecified atom stereocenters. The maximum absolute atomic E-state index is 5.27. The van der Waals surface area contributed by atoms with Crippen molar-refractivity contribution in [2.75, 3.05) is 33.4 Å². The molecule has 0 aliphatic rings. The van der Waals surface area contributed by atoms with E-state index in [2.05, 4.69) is 44.8 Å². The van der Waals surface area contributed by atoms with Crippen molar-refractivity contribution < 1.29 is 4.74 Å². The highest BCUT2D eigenvalue weighted by Crippen LogP contribution is 2.11. The topological polar surface area (TPSA) is 24.5 Å². The first-order valence-electron chi connectivity index (χ1n) is 7.56. The van der Waals surface area contributed by atoms with Gasteiger partial charge >= 0.3 is 0 Å². The zero-order valence-corrected chi connectivity index (χ0v) is 13.3. The van der Waals surface area contributed by atoms with Gasteiger partial charge in [0, 0.05) is 25.7 Å². The molecule has 0 aliphatic carbocycles. The molecule has 0 saturated heterocycles. The number of hydrogen-bond donors (Lipinski definition) is 1. The molecule has 0 aromatic rings. The van der Waals surface area contributed by atoms with Crippen LogP contribution in [0.2, 0.25) is 0 Å². The van der Waals surface area contributed by atoms with Crippen LogP contribution in [0.3, 0.4) is 0 Å². The fraction of sp³-hybridized carbons (Fsp3) is 1.00. The van der Waals surface area contributed by atoms with Crippen molar-refractivity contribution in [2.45, 2.75) is 59.5 Å². The van der Waals surface area contributed by atoms with Gasteiger partial charge in [-0.15, -0.1) is 0 Å². The Morgan fingerprint density at radius 3 is 2.28 bits per heavy atom. The maximum Gasteiger partial charge on any atom is 0.0615 e. The van der Waals surface area contributed by atoms with Gasteiger partial charge in [0.2, 0.25) is 0 Å². The average Bonchev–Trinajstić information content (AvgIpc) is 2.38. The molecule has 0 aromatic heterocycles. The summed E-state index contributed by atoms with van der Waals surface area (Å²) < 4.78 is 5.27. The molecule has 0 amide bonds. The average molecular weight is 258 g/mol. The molecule has 3 heteroatoms. The number of likely N-dealkylation sites (N-methyl/N-ethyl adjacent to an activating group) is 1. The van der Waals surface area contributed by atoms with E-state index in [9.17, 15) is 0 Å². The van der Waals surface area contributed by atoms with Crippen LogP contribution in [0, 0.1) is 5.92 Å². The number of nitrogens with zero attached hydrogens (tertiary/aromatic N) is 1. The van der Waals surface area contributed by atoms with E-state index in [1.807, 2.05) is 0 Å². The minimum Gasteiger partial charge on any atom is -0.383 e. The lowest BCUT2D eigenvalue weighted by Crippen LogP contribution is -2.48. The Hall–Kier alpha value is -0.120. The summed E-state index contributed by atoms with van der Waals surface area (Å²) in [6.07, 6.45) is 2.43. The Morgan fingerprint density at radius 1 is 1.17 bits per heavy atom. The highest BCUT2D eigenvalue weighted by Gasteiger charge is 2.20. The Morgan fingerprint density at radius 2 is 1.83 bits per heavy atom. The predicted octanol–water partition coefficient (Wildman–Crippen LogP) is 2.76. The van der Waals surface area contributed by atoms with Crippen LogP contribution in [0.25, 0.3) is 0 Å². The van der Waals surface area contributed by atoms with Crippen molar-refractivity contribution in [1.29, 1.82) is 0 Å². The lowest BCUT2D eigenvalue weighted by Gasteiger charge is -2.34. The van der Waals surface area contributed by atoms with Crippen LogP contribution in [0.15, 0.2) is 0 Å². The van der Waals surface area contributed by atoms with Gasteiger partial charge in [0.05, 0.1) is 6.61 Å². The summed E-state index contributed by atoms with van der Waals surface area (Å²) in [7, 11) is 1.78. The molecule has 0 rings (SSSR count). The van der Waals surface area contributed by atoms with Crippen molar-refractivity contribution >= 4 is 0 Å². The highest BCUT2D eigenvalue weighted by molar-refractivity contribution is 4.79. The van der Waals surface area contributed by atoms with Crippen LogP contribution in [0.4, 0.5) is 0 Å². The SMILES string of the molecule is CCCNC(CN(CC)C(C)COC)C(C)CC. The number of nitrogens with one attached hydrogen (secondary N) is 1. The molecule has 0 saturated carbocycles. The lowest BCUT2D eigenvalue weighted by molar-refractivity contribution is 0.0898. The fourth-order valence-corrected chi connectivity index (χ4v) is 2.28. The molecule has 0 heterocycles. The van der Waals surface area contributed by atoms with Gasteiger partial charge in [-0.1, -0.05) is 34.1 Å². The van der Waals surface area contributed by atoms with Crippen molar-refractivity contribution in [1.82, 2.24) is 10.2 Å². The number of ether oxygens (including phenoxy) is 1. The van der Waals surface area contributed by atoms with Gasteiger partial charge in [-0.05, 0) is 32.4 Å². The highest BCUT2D eigenvalue weighted by atomic mass is 16.5. The molecule has 0 spiro atoms. The molecule has 0 fully saturated rings. The van der Waals surface area contributed by atoms with E-state index in [4.69, 9.17) is 4.74 Å². The Kier molecular flexibility index (Phi) is 10.7. The van der Waals surface area contributed by atoms with Gasteiger partial charge < -0.3 is 10.1 Å². The largest absolute Gasteiger partial charge is 0.383 e. The molecule has 110 valence electrons. The first-order valence-corrected chi connectivity index (χ1v) is 7.56. The van der Waals surface area contributed by atoms with Crippen LogP contribution in [0.5, 0.6) is 0 Å². The van der Waals surface area contributed by atoms with Crippen molar-refractivity contribution in [3.8, 4) is 0 Å². The van der Waals surface area contributed by atoms with E-state index < -0.39 is 0 Å². The van der Waals surface area contributed by atoms with E-state index in [-0.39, 0.29) is 0 Å². The van der Waals surface area contributed by atoms with Gasteiger partial charge in [-0.25, -0.2) is 0 Å². The normalized spacial score (nSPS) is 16.8. The van der Waals surface area contributed by atoms with Crippen molar-refractivity contribution in [3.05, 3.63) is 0 Å². The van der Waals surface area contributed by atoms with Gasteiger partial charge in [0.25, 0.3) is 0 Å². The maximum atomic E-state index is 5.27. The lowest BCUT2D eigenvalue weighted by atomic mass is 9.98. The molecule has 0 radical (unpaired) electrons. The summed E-state index contributed by atoms with van der Waals surface area (Å²) in [6.45, 7) is 15.5. The third-order valence-corrected chi connectivity index (χ3v) is 3.86. The molecule has 18 heavy (non-hydrogen) atoms. The van der Waals surface area contributed by atoms with Crippen LogP contribution in [-0.2, 0) is 4.74 Å². The Balaban J connectivity index is 4.40. The van der Waals surface area contributed by atoms with Gasteiger partial charge in [-0.2, -0.15) is 0 Å². The van der Waals surface area contributed by atoms with Gasteiger partial charge in [0.1, 0.15) is 0 Å². The molecule has 0 bridgehead atoms. The second-order valence-electron chi connectivity index (χ2n) is 5.34. The third kappa shape index (κ3) is 6.72. The second kappa shape index (κ2) is 10.8.